The van der Waals surface area contributed by atoms with E-state index in [0.717, 1.165) is 22.4 Å². The van der Waals surface area contributed by atoms with Crippen LogP contribution in [0.25, 0.3) is 11.0 Å². The van der Waals surface area contributed by atoms with Gasteiger partial charge in [-0.3, -0.25) is 4.79 Å². The number of amides is 1. The standard InChI is InChI=1S/C19H22N4O.2ClH/c1-14-22-17-9-5-6-10-18(17)23(14)12-11-21-19(24)16(13-20)15-7-3-2-4-8-15;;/h2-10,16H,11-13,20H2,1H3,(H,21,24);2*1H. The molecule has 0 saturated heterocycles. The van der Waals surface area contributed by atoms with Gasteiger partial charge in [0.1, 0.15) is 5.82 Å². The average Bonchev–Trinajstić information content (AvgIpc) is 2.92. The van der Waals surface area contributed by atoms with E-state index in [1.165, 1.54) is 0 Å². The van der Waals surface area contributed by atoms with Crippen LogP contribution < -0.4 is 11.1 Å². The lowest BCUT2D eigenvalue weighted by Crippen LogP contribution is -2.35. The minimum atomic E-state index is -0.313. The number of nitrogens with one attached hydrogen (secondary N) is 1. The van der Waals surface area contributed by atoms with Crippen LogP contribution >= 0.6 is 24.8 Å². The zero-order valence-electron chi connectivity index (χ0n) is 14.6. The Balaban J connectivity index is 0.00000169. The minimum Gasteiger partial charge on any atom is -0.354 e. The Bertz CT molecular complexity index is 836. The van der Waals surface area contributed by atoms with Gasteiger partial charge < -0.3 is 15.6 Å². The van der Waals surface area contributed by atoms with Crippen LogP contribution in [-0.2, 0) is 11.3 Å². The molecule has 1 heterocycles. The molecule has 0 aliphatic carbocycles. The van der Waals surface area contributed by atoms with Crippen molar-refractivity contribution in [2.45, 2.75) is 19.4 Å². The molecule has 3 rings (SSSR count). The quantitative estimate of drug-likeness (QED) is 0.674. The monoisotopic (exact) mass is 394 g/mol. The van der Waals surface area contributed by atoms with Gasteiger partial charge in [-0.2, -0.15) is 0 Å². The molecule has 1 unspecified atom stereocenters. The van der Waals surface area contributed by atoms with Crippen LogP contribution in [0.2, 0.25) is 0 Å². The van der Waals surface area contributed by atoms with E-state index in [-0.39, 0.29) is 36.6 Å². The summed E-state index contributed by atoms with van der Waals surface area (Å²) in [6, 6.07) is 17.7. The van der Waals surface area contributed by atoms with Crippen molar-refractivity contribution in [2.24, 2.45) is 5.73 Å². The summed E-state index contributed by atoms with van der Waals surface area (Å²) in [5.74, 6) is 0.599. The maximum atomic E-state index is 12.4. The molecule has 0 aliphatic rings. The highest BCUT2D eigenvalue weighted by atomic mass is 35.5. The Kier molecular flexibility index (Phi) is 8.58. The number of halogens is 2. The first-order chi connectivity index (χ1) is 11.7. The molecule has 0 radical (unpaired) electrons. The lowest BCUT2D eigenvalue weighted by Gasteiger charge is -2.16. The summed E-state index contributed by atoms with van der Waals surface area (Å²) in [6.07, 6.45) is 0. The highest BCUT2D eigenvalue weighted by Crippen LogP contribution is 2.16. The molecule has 0 bridgehead atoms. The van der Waals surface area contributed by atoms with Gasteiger partial charge in [0.2, 0.25) is 5.91 Å². The van der Waals surface area contributed by atoms with Crippen molar-refractivity contribution >= 4 is 41.8 Å². The minimum absolute atomic E-state index is 0. The molecule has 0 fully saturated rings. The summed E-state index contributed by atoms with van der Waals surface area (Å²) in [5, 5.41) is 2.99. The van der Waals surface area contributed by atoms with E-state index in [2.05, 4.69) is 14.9 Å². The smallest absolute Gasteiger partial charge is 0.228 e. The van der Waals surface area contributed by atoms with Crippen LogP contribution in [0, 0.1) is 6.92 Å². The number of rotatable bonds is 6. The van der Waals surface area contributed by atoms with E-state index in [4.69, 9.17) is 5.73 Å². The van der Waals surface area contributed by atoms with Crippen LogP contribution in [0.3, 0.4) is 0 Å². The predicted molar refractivity (Wildman–Crippen MR) is 110 cm³/mol. The van der Waals surface area contributed by atoms with Crippen molar-refractivity contribution in [2.75, 3.05) is 13.1 Å². The molecule has 3 N–H and O–H groups in total. The van der Waals surface area contributed by atoms with Crippen LogP contribution in [0.1, 0.15) is 17.3 Å². The Morgan fingerprint density at radius 1 is 1.12 bits per heavy atom. The van der Waals surface area contributed by atoms with Gasteiger partial charge in [-0.25, -0.2) is 4.98 Å². The number of benzene rings is 2. The van der Waals surface area contributed by atoms with E-state index < -0.39 is 0 Å². The summed E-state index contributed by atoms with van der Waals surface area (Å²) < 4.78 is 2.12. The first kappa shape index (κ1) is 22.0. The Morgan fingerprint density at radius 2 is 1.77 bits per heavy atom. The van der Waals surface area contributed by atoms with Gasteiger partial charge in [0.25, 0.3) is 0 Å². The first-order valence-electron chi connectivity index (χ1n) is 8.15. The zero-order valence-corrected chi connectivity index (χ0v) is 16.2. The summed E-state index contributed by atoms with van der Waals surface area (Å²) >= 11 is 0. The Morgan fingerprint density at radius 3 is 2.46 bits per heavy atom. The third-order valence-electron chi connectivity index (χ3n) is 4.23. The van der Waals surface area contributed by atoms with Crippen molar-refractivity contribution in [1.29, 1.82) is 0 Å². The highest BCUT2D eigenvalue weighted by molar-refractivity contribution is 5.85. The third kappa shape index (κ3) is 4.75. The number of carbonyl (C=O) groups is 1. The van der Waals surface area contributed by atoms with Gasteiger partial charge in [-0.1, -0.05) is 42.5 Å². The second-order valence-electron chi connectivity index (χ2n) is 5.79. The zero-order chi connectivity index (χ0) is 16.9. The van der Waals surface area contributed by atoms with Crippen LogP contribution in [-0.4, -0.2) is 28.5 Å². The molecule has 2 aromatic carbocycles. The fourth-order valence-corrected chi connectivity index (χ4v) is 2.97. The SMILES string of the molecule is Cc1nc2ccccc2n1CCNC(=O)C(CN)c1ccccc1.Cl.Cl. The van der Waals surface area contributed by atoms with E-state index in [1.807, 2.05) is 61.5 Å². The molecule has 0 saturated carbocycles. The van der Waals surface area contributed by atoms with Gasteiger partial charge in [-0.15, -0.1) is 24.8 Å². The van der Waals surface area contributed by atoms with Crippen LogP contribution in [0.4, 0.5) is 0 Å². The molecule has 1 amide bonds. The van der Waals surface area contributed by atoms with Gasteiger partial charge >= 0.3 is 0 Å². The molecule has 0 spiro atoms. The molecule has 1 aromatic heterocycles. The van der Waals surface area contributed by atoms with Crippen molar-refractivity contribution < 1.29 is 4.79 Å². The van der Waals surface area contributed by atoms with Crippen molar-refractivity contribution in [3.8, 4) is 0 Å². The second-order valence-corrected chi connectivity index (χ2v) is 5.79. The Hall–Kier alpha value is -2.08. The summed E-state index contributed by atoms with van der Waals surface area (Å²) in [6.45, 7) is 3.50. The van der Waals surface area contributed by atoms with Crippen LogP contribution in [0.5, 0.6) is 0 Å². The number of hydrogen-bond acceptors (Lipinski definition) is 3. The molecule has 26 heavy (non-hydrogen) atoms. The number of aryl methyl sites for hydroxylation is 1. The normalized spacial score (nSPS) is 11.3. The molecule has 0 aliphatic heterocycles. The average molecular weight is 395 g/mol. The van der Waals surface area contributed by atoms with E-state index in [9.17, 15) is 4.79 Å². The van der Waals surface area contributed by atoms with E-state index in [0.29, 0.717) is 19.6 Å². The van der Waals surface area contributed by atoms with Gasteiger partial charge in [0, 0.05) is 19.6 Å². The van der Waals surface area contributed by atoms with E-state index in [1.54, 1.807) is 0 Å². The molecule has 7 heteroatoms. The topological polar surface area (TPSA) is 72.9 Å². The predicted octanol–water partition coefficient (Wildman–Crippen LogP) is 3.05. The van der Waals surface area contributed by atoms with Gasteiger partial charge in [0.15, 0.2) is 0 Å². The number of carbonyl (C=O) groups excluding carboxylic acids is 1. The molecule has 3 aromatic rings. The summed E-state index contributed by atoms with van der Waals surface area (Å²) in [7, 11) is 0. The number of hydrogen-bond donors (Lipinski definition) is 2. The number of nitrogens with two attached hydrogens (primary N) is 1. The first-order valence-corrected chi connectivity index (χ1v) is 8.15. The summed E-state index contributed by atoms with van der Waals surface area (Å²) in [4.78, 5) is 17.0. The molecule has 5 nitrogen and oxygen atoms in total. The highest BCUT2D eigenvalue weighted by Gasteiger charge is 2.18. The summed E-state index contributed by atoms with van der Waals surface area (Å²) in [5.41, 5.74) is 8.80. The number of nitrogens with zero attached hydrogens (tertiary/aromatic N) is 2. The van der Waals surface area contributed by atoms with Gasteiger partial charge in [0.05, 0.1) is 17.0 Å². The number of para-hydroxylation sites is 2. The number of imidazole rings is 1. The number of aromatic nitrogens is 2. The van der Waals surface area contributed by atoms with Crippen molar-refractivity contribution in [3.63, 3.8) is 0 Å². The van der Waals surface area contributed by atoms with Crippen molar-refractivity contribution in [3.05, 3.63) is 66.0 Å². The van der Waals surface area contributed by atoms with Crippen LogP contribution in [0.15, 0.2) is 54.6 Å². The van der Waals surface area contributed by atoms with E-state index >= 15 is 0 Å². The lowest BCUT2D eigenvalue weighted by atomic mass is 9.98. The fourth-order valence-electron chi connectivity index (χ4n) is 2.97. The second kappa shape index (κ2) is 10.2. The van der Waals surface area contributed by atoms with Crippen molar-refractivity contribution in [1.82, 2.24) is 14.9 Å². The molecular formula is C19H24Cl2N4O. The lowest BCUT2D eigenvalue weighted by molar-refractivity contribution is -0.122. The molecular weight excluding hydrogens is 371 g/mol. The molecule has 1 atom stereocenters. The third-order valence-corrected chi connectivity index (χ3v) is 4.23. The molecule has 140 valence electrons. The maximum Gasteiger partial charge on any atom is 0.228 e. The largest absolute Gasteiger partial charge is 0.354 e. The number of fused-ring (bicyclic) bond motifs is 1. The van der Waals surface area contributed by atoms with Gasteiger partial charge in [-0.05, 0) is 24.6 Å². The Labute approximate surface area is 165 Å². The fraction of sp³-hybridized carbons (Fsp3) is 0.263. The maximum absolute atomic E-state index is 12.4.